The third kappa shape index (κ3) is 0.787. The van der Waals surface area contributed by atoms with Crippen LogP contribution in [0.5, 0.6) is 0 Å². The highest BCUT2D eigenvalue weighted by Gasteiger charge is 2.99. The van der Waals surface area contributed by atoms with Gasteiger partial charge in [-0.15, -0.1) is 0 Å². The number of ether oxygens (including phenoxy) is 2. The molecule has 0 aromatic carbocycles. The lowest BCUT2D eigenvalue weighted by molar-refractivity contribution is -0.194. The van der Waals surface area contributed by atoms with Crippen molar-refractivity contribution < 1.29 is 28.7 Å². The summed E-state index contributed by atoms with van der Waals surface area (Å²) in [7, 11) is 2.58. The monoisotopic (exact) mass is 304 g/mol. The zero-order valence-corrected chi connectivity index (χ0v) is 12.3. The zero-order valence-electron chi connectivity index (χ0n) is 12.3. The predicted molar refractivity (Wildman–Crippen MR) is 69.1 cm³/mol. The first-order valence-electron chi connectivity index (χ1n) is 7.71. The van der Waals surface area contributed by atoms with Crippen LogP contribution in [0.25, 0.3) is 0 Å². The molecule has 6 saturated carbocycles. The van der Waals surface area contributed by atoms with E-state index in [4.69, 9.17) is 9.47 Å². The number of ketones is 2. The molecule has 0 spiro atoms. The van der Waals surface area contributed by atoms with Gasteiger partial charge in [-0.25, -0.2) is 0 Å². The van der Waals surface area contributed by atoms with Crippen LogP contribution < -0.4 is 0 Å². The number of carbonyl (C=O) groups is 4. The van der Waals surface area contributed by atoms with E-state index in [1.807, 2.05) is 0 Å². The van der Waals surface area contributed by atoms with Crippen LogP contribution in [-0.2, 0) is 28.7 Å². The molecule has 0 amide bonds. The Kier molecular flexibility index (Phi) is 1.91. The minimum atomic E-state index is -1.15. The van der Waals surface area contributed by atoms with Crippen molar-refractivity contribution in [2.75, 3.05) is 14.2 Å². The molecule has 0 saturated heterocycles. The molecular formula is C16H16O6. The number of Topliss-reactive ketones (excluding diaryl/α,β-unsaturated/α-hetero) is 2. The minimum absolute atomic E-state index is 0.0212. The van der Waals surface area contributed by atoms with E-state index in [2.05, 4.69) is 0 Å². The fraction of sp³-hybridized carbons (Fsp3) is 0.750. The lowest BCUT2D eigenvalue weighted by Crippen LogP contribution is -2.63. The van der Waals surface area contributed by atoms with Crippen molar-refractivity contribution in [1.82, 2.24) is 0 Å². The molecule has 8 atom stereocenters. The Labute approximate surface area is 126 Å². The summed E-state index contributed by atoms with van der Waals surface area (Å²) >= 11 is 0. The van der Waals surface area contributed by atoms with Gasteiger partial charge in [0, 0.05) is 24.7 Å². The molecule has 0 aliphatic heterocycles. The molecule has 6 fully saturated rings. The predicted octanol–water partition coefficient (Wildman–Crippen LogP) is -0.0112. The van der Waals surface area contributed by atoms with Gasteiger partial charge in [0.25, 0.3) is 0 Å². The number of methoxy groups -OCH3 is 2. The van der Waals surface area contributed by atoms with Gasteiger partial charge in [0.05, 0.1) is 25.0 Å². The molecule has 6 aliphatic rings. The van der Waals surface area contributed by atoms with E-state index in [0.717, 1.165) is 0 Å². The average Bonchev–Trinajstić information content (AvgIpc) is 3.25. The molecular weight excluding hydrogens is 288 g/mol. The van der Waals surface area contributed by atoms with Crippen LogP contribution in [-0.4, -0.2) is 37.7 Å². The zero-order chi connectivity index (χ0) is 15.6. The standard InChI is InChI=1S/C16H16O6/c1-21-13(19)15-5-3-8(18)12-9(5)10-6(4-7(17)11(10)15)16(12,15)14(20)22-2/h5-6,9-12H,3-4H2,1-2H3/t5-,6-,9-,10+,11-,12+,15-,16+/m0/s1. The number of esters is 2. The van der Waals surface area contributed by atoms with Crippen molar-refractivity contribution >= 4 is 23.5 Å². The minimum Gasteiger partial charge on any atom is -0.469 e. The summed E-state index contributed by atoms with van der Waals surface area (Å²) in [6, 6.07) is 0. The first kappa shape index (κ1) is 12.8. The van der Waals surface area contributed by atoms with Crippen LogP contribution in [0.4, 0.5) is 0 Å². The fourth-order valence-corrected chi connectivity index (χ4v) is 7.70. The summed E-state index contributed by atoms with van der Waals surface area (Å²) in [5, 5.41) is 0. The van der Waals surface area contributed by atoms with Gasteiger partial charge in [0.2, 0.25) is 0 Å². The van der Waals surface area contributed by atoms with E-state index in [1.165, 1.54) is 14.2 Å². The molecule has 0 radical (unpaired) electrons. The first-order chi connectivity index (χ1) is 10.5. The van der Waals surface area contributed by atoms with Crippen molar-refractivity contribution in [1.29, 1.82) is 0 Å². The van der Waals surface area contributed by atoms with E-state index in [9.17, 15) is 19.2 Å². The van der Waals surface area contributed by atoms with Gasteiger partial charge < -0.3 is 9.47 Å². The van der Waals surface area contributed by atoms with Crippen molar-refractivity contribution in [2.45, 2.75) is 12.8 Å². The maximum absolute atomic E-state index is 12.8. The van der Waals surface area contributed by atoms with Gasteiger partial charge in [0.1, 0.15) is 11.6 Å². The molecule has 8 bridgehead atoms. The van der Waals surface area contributed by atoms with E-state index >= 15 is 0 Å². The molecule has 0 aromatic rings. The quantitative estimate of drug-likeness (QED) is 0.667. The number of hydrogen-bond acceptors (Lipinski definition) is 6. The maximum Gasteiger partial charge on any atom is 0.314 e. The number of hydrogen-bond donors (Lipinski definition) is 0. The summed E-state index contributed by atoms with van der Waals surface area (Å²) in [5.74, 6) is -2.29. The maximum atomic E-state index is 12.8. The van der Waals surface area contributed by atoms with Crippen LogP contribution in [0.1, 0.15) is 12.8 Å². The third-order valence-electron chi connectivity index (χ3n) is 7.56. The summed E-state index contributed by atoms with van der Waals surface area (Å²) in [6.45, 7) is 0. The van der Waals surface area contributed by atoms with Crippen molar-refractivity contribution in [3.05, 3.63) is 0 Å². The Morgan fingerprint density at radius 3 is 1.55 bits per heavy atom. The van der Waals surface area contributed by atoms with Gasteiger partial charge in [-0.3, -0.25) is 19.2 Å². The lowest BCUT2D eigenvalue weighted by atomic mass is 9.49. The second-order valence-electron chi connectivity index (χ2n) is 7.39. The van der Waals surface area contributed by atoms with Crippen LogP contribution >= 0.6 is 0 Å². The number of carbonyl (C=O) groups excluding carboxylic acids is 4. The third-order valence-corrected chi connectivity index (χ3v) is 7.56. The van der Waals surface area contributed by atoms with Gasteiger partial charge in [-0.1, -0.05) is 0 Å². The van der Waals surface area contributed by atoms with Crippen LogP contribution in [0.15, 0.2) is 0 Å². The van der Waals surface area contributed by atoms with Crippen molar-refractivity contribution in [3.63, 3.8) is 0 Å². The highest BCUT2D eigenvalue weighted by molar-refractivity contribution is 6.08. The summed E-state index contributed by atoms with van der Waals surface area (Å²) in [5.41, 5.74) is -2.30. The van der Waals surface area contributed by atoms with E-state index in [-0.39, 0.29) is 48.1 Å². The van der Waals surface area contributed by atoms with E-state index < -0.39 is 34.6 Å². The second kappa shape index (κ2) is 3.29. The van der Waals surface area contributed by atoms with Gasteiger partial charge in [0.15, 0.2) is 0 Å². The molecule has 0 aromatic heterocycles. The molecule has 6 rings (SSSR count). The normalized spacial score (nSPS) is 55.4. The first-order valence-corrected chi connectivity index (χ1v) is 7.71. The van der Waals surface area contributed by atoms with Crippen molar-refractivity contribution in [2.24, 2.45) is 46.3 Å². The summed E-state index contributed by atoms with van der Waals surface area (Å²) in [4.78, 5) is 50.5. The molecule has 116 valence electrons. The SMILES string of the molecule is COC(=O)[C@]12[C@@H]3C(=O)C[C@H]4[C@H]3[C@H]3[C@@H]1CC(=O)[C@@H]3[C@]42C(=O)OC. The Balaban J connectivity index is 1.85. The molecule has 22 heavy (non-hydrogen) atoms. The topological polar surface area (TPSA) is 86.7 Å². The Morgan fingerprint density at radius 2 is 1.23 bits per heavy atom. The molecule has 6 heteroatoms. The van der Waals surface area contributed by atoms with Gasteiger partial charge in [-0.05, 0) is 23.7 Å². The molecule has 0 heterocycles. The average molecular weight is 304 g/mol. The summed E-state index contributed by atoms with van der Waals surface area (Å²) < 4.78 is 10.1. The fourth-order valence-electron chi connectivity index (χ4n) is 7.70. The van der Waals surface area contributed by atoms with Gasteiger partial charge >= 0.3 is 11.9 Å². The Bertz CT molecular complexity index is 624. The Hall–Kier alpha value is -1.72. The van der Waals surface area contributed by atoms with E-state index in [0.29, 0.717) is 0 Å². The van der Waals surface area contributed by atoms with E-state index in [1.54, 1.807) is 0 Å². The van der Waals surface area contributed by atoms with Crippen LogP contribution in [0, 0.1) is 46.3 Å². The largest absolute Gasteiger partial charge is 0.469 e. The van der Waals surface area contributed by atoms with Gasteiger partial charge in [-0.2, -0.15) is 0 Å². The van der Waals surface area contributed by atoms with Crippen LogP contribution in [0.2, 0.25) is 0 Å². The molecule has 0 unspecified atom stereocenters. The van der Waals surface area contributed by atoms with Crippen LogP contribution in [0.3, 0.4) is 0 Å². The number of rotatable bonds is 2. The highest BCUT2D eigenvalue weighted by Crippen LogP contribution is 2.91. The summed E-state index contributed by atoms with van der Waals surface area (Å²) in [6.07, 6.45) is 0.576. The molecule has 0 N–H and O–H groups in total. The second-order valence-corrected chi connectivity index (χ2v) is 7.39. The smallest absolute Gasteiger partial charge is 0.314 e. The molecule has 6 nitrogen and oxygen atoms in total. The Morgan fingerprint density at radius 1 is 0.864 bits per heavy atom. The van der Waals surface area contributed by atoms with Crippen molar-refractivity contribution in [3.8, 4) is 0 Å². The molecule has 6 aliphatic carbocycles. The highest BCUT2D eigenvalue weighted by atomic mass is 16.5. The lowest BCUT2D eigenvalue weighted by Gasteiger charge is -2.50.